The van der Waals surface area contributed by atoms with Crippen molar-refractivity contribution in [2.45, 2.75) is 45.1 Å². The Hall–Kier alpha value is -1.20. The van der Waals surface area contributed by atoms with E-state index in [0.717, 1.165) is 23.1 Å². The third kappa shape index (κ3) is 2.01. The smallest absolute Gasteiger partial charge is 0.163 e. The number of aryl methyl sites for hydroxylation is 2. The Kier molecular flexibility index (Phi) is 2.98. The van der Waals surface area contributed by atoms with E-state index in [1.807, 2.05) is 13.8 Å². The molecule has 2 N–H and O–H groups in total. The largest absolute Gasteiger partial charge is 0.383 e. The maximum absolute atomic E-state index is 6.18. The molecule has 102 valence electrons. The highest BCUT2D eigenvalue weighted by Crippen LogP contribution is 2.38. The first-order valence-corrected chi connectivity index (χ1v) is 7.48. The third-order valence-electron chi connectivity index (χ3n) is 3.89. The van der Waals surface area contributed by atoms with Gasteiger partial charge in [-0.25, -0.2) is 9.97 Å². The first-order valence-electron chi connectivity index (χ1n) is 6.66. The van der Waals surface area contributed by atoms with Crippen LogP contribution in [0.25, 0.3) is 10.2 Å². The van der Waals surface area contributed by atoms with Gasteiger partial charge in [0.15, 0.2) is 5.82 Å². The van der Waals surface area contributed by atoms with Crippen LogP contribution in [0.15, 0.2) is 0 Å². The molecule has 5 heteroatoms. The predicted octanol–water partition coefficient (Wildman–Crippen LogP) is 3.03. The number of nitrogen functional groups attached to an aromatic ring is 1. The fourth-order valence-electron chi connectivity index (χ4n) is 2.55. The summed E-state index contributed by atoms with van der Waals surface area (Å²) in [5.74, 6) is 1.27. The van der Waals surface area contributed by atoms with Crippen molar-refractivity contribution in [2.24, 2.45) is 0 Å². The highest BCUT2D eigenvalue weighted by molar-refractivity contribution is 7.19. The number of thiophene rings is 1. The molecule has 2 heterocycles. The zero-order valence-electron chi connectivity index (χ0n) is 11.6. The van der Waals surface area contributed by atoms with Crippen molar-refractivity contribution in [3.63, 3.8) is 0 Å². The van der Waals surface area contributed by atoms with Crippen LogP contribution in [-0.2, 0) is 23.2 Å². The molecule has 3 rings (SSSR count). The molecular formula is C14H19N3OS. The van der Waals surface area contributed by atoms with E-state index in [1.54, 1.807) is 18.4 Å². The summed E-state index contributed by atoms with van der Waals surface area (Å²) in [5, 5.41) is 1.08. The Morgan fingerprint density at radius 3 is 2.68 bits per heavy atom. The summed E-state index contributed by atoms with van der Waals surface area (Å²) in [4.78, 5) is 11.6. The second-order valence-electron chi connectivity index (χ2n) is 5.54. The van der Waals surface area contributed by atoms with Crippen LogP contribution in [-0.4, -0.2) is 17.1 Å². The molecule has 19 heavy (non-hydrogen) atoms. The Balaban J connectivity index is 2.22. The van der Waals surface area contributed by atoms with Gasteiger partial charge in [0.05, 0.1) is 5.39 Å². The fourth-order valence-corrected chi connectivity index (χ4v) is 3.82. The van der Waals surface area contributed by atoms with Crippen LogP contribution < -0.4 is 5.73 Å². The van der Waals surface area contributed by atoms with Crippen LogP contribution >= 0.6 is 11.3 Å². The van der Waals surface area contributed by atoms with E-state index in [-0.39, 0.29) is 0 Å². The third-order valence-corrected chi connectivity index (χ3v) is 5.08. The van der Waals surface area contributed by atoms with E-state index in [0.29, 0.717) is 11.6 Å². The molecule has 0 bridgehead atoms. The quantitative estimate of drug-likeness (QED) is 0.916. The standard InChI is InChI=1S/C14H19N3OS/c1-14(2,18-3)13-16-11(15)10-8-6-4-5-7-9(8)19-12(10)17-13/h4-7H2,1-3H3,(H2,15,16,17). The van der Waals surface area contributed by atoms with Crippen molar-refractivity contribution >= 4 is 27.4 Å². The number of fused-ring (bicyclic) bond motifs is 3. The monoisotopic (exact) mass is 277 g/mol. The van der Waals surface area contributed by atoms with Gasteiger partial charge in [0.25, 0.3) is 0 Å². The number of hydrogen-bond acceptors (Lipinski definition) is 5. The van der Waals surface area contributed by atoms with E-state index in [9.17, 15) is 0 Å². The second kappa shape index (κ2) is 4.42. The van der Waals surface area contributed by atoms with Gasteiger partial charge in [-0.3, -0.25) is 0 Å². The molecule has 4 nitrogen and oxygen atoms in total. The molecule has 2 aromatic heterocycles. The van der Waals surface area contributed by atoms with Crippen LogP contribution in [0.2, 0.25) is 0 Å². The van der Waals surface area contributed by atoms with Gasteiger partial charge in [0, 0.05) is 12.0 Å². The van der Waals surface area contributed by atoms with Crippen LogP contribution in [0.1, 0.15) is 43.0 Å². The summed E-state index contributed by atoms with van der Waals surface area (Å²) in [6.45, 7) is 3.92. The summed E-state index contributed by atoms with van der Waals surface area (Å²) in [6, 6.07) is 0. The SMILES string of the molecule is COC(C)(C)c1nc(N)c2c3c(sc2n1)CCCC3. The van der Waals surface area contributed by atoms with Gasteiger partial charge >= 0.3 is 0 Å². The predicted molar refractivity (Wildman–Crippen MR) is 78.5 cm³/mol. The summed E-state index contributed by atoms with van der Waals surface area (Å²) in [7, 11) is 1.67. The summed E-state index contributed by atoms with van der Waals surface area (Å²) in [6.07, 6.45) is 4.77. The van der Waals surface area contributed by atoms with E-state index < -0.39 is 5.60 Å². The van der Waals surface area contributed by atoms with Gasteiger partial charge in [0.1, 0.15) is 16.2 Å². The fraction of sp³-hybridized carbons (Fsp3) is 0.571. The van der Waals surface area contributed by atoms with Crippen molar-refractivity contribution in [1.29, 1.82) is 0 Å². The molecule has 1 aliphatic carbocycles. The molecule has 0 saturated carbocycles. The highest BCUT2D eigenvalue weighted by atomic mass is 32.1. The Morgan fingerprint density at radius 1 is 1.21 bits per heavy atom. The Labute approximate surface area is 117 Å². The lowest BCUT2D eigenvalue weighted by atomic mass is 9.97. The average Bonchev–Trinajstić information content (AvgIpc) is 2.77. The van der Waals surface area contributed by atoms with E-state index >= 15 is 0 Å². The van der Waals surface area contributed by atoms with Gasteiger partial charge in [-0.05, 0) is 45.1 Å². The molecule has 0 radical (unpaired) electrons. The van der Waals surface area contributed by atoms with E-state index in [2.05, 4.69) is 9.97 Å². The van der Waals surface area contributed by atoms with E-state index in [4.69, 9.17) is 10.5 Å². The Morgan fingerprint density at radius 2 is 1.95 bits per heavy atom. The van der Waals surface area contributed by atoms with Crippen molar-refractivity contribution in [3.8, 4) is 0 Å². The first-order chi connectivity index (χ1) is 9.03. The van der Waals surface area contributed by atoms with Gasteiger partial charge in [-0.15, -0.1) is 11.3 Å². The number of aromatic nitrogens is 2. The minimum absolute atomic E-state index is 0.507. The number of nitrogens with two attached hydrogens (primary N) is 1. The molecule has 0 saturated heterocycles. The number of hydrogen-bond donors (Lipinski definition) is 1. The molecule has 0 aromatic carbocycles. The topological polar surface area (TPSA) is 61.0 Å². The summed E-state index contributed by atoms with van der Waals surface area (Å²) >= 11 is 1.77. The molecule has 0 atom stereocenters. The normalized spacial score (nSPS) is 15.7. The lowest BCUT2D eigenvalue weighted by molar-refractivity contribution is 0.0119. The molecular weight excluding hydrogens is 258 g/mol. The van der Waals surface area contributed by atoms with Crippen molar-refractivity contribution in [1.82, 2.24) is 9.97 Å². The van der Waals surface area contributed by atoms with Crippen LogP contribution in [0.4, 0.5) is 5.82 Å². The van der Waals surface area contributed by atoms with E-state index in [1.165, 1.54) is 23.3 Å². The van der Waals surface area contributed by atoms with Gasteiger partial charge in [-0.1, -0.05) is 0 Å². The van der Waals surface area contributed by atoms with Gasteiger partial charge < -0.3 is 10.5 Å². The molecule has 2 aromatic rings. The first kappa shape index (κ1) is 12.8. The lowest BCUT2D eigenvalue weighted by Crippen LogP contribution is -2.23. The minimum Gasteiger partial charge on any atom is -0.383 e. The zero-order valence-corrected chi connectivity index (χ0v) is 12.4. The minimum atomic E-state index is -0.507. The zero-order chi connectivity index (χ0) is 13.6. The maximum atomic E-state index is 6.18. The molecule has 0 unspecified atom stereocenters. The molecule has 0 amide bonds. The van der Waals surface area contributed by atoms with Crippen molar-refractivity contribution in [3.05, 3.63) is 16.3 Å². The summed E-state index contributed by atoms with van der Waals surface area (Å²) < 4.78 is 5.45. The number of ether oxygens (including phenoxy) is 1. The highest BCUT2D eigenvalue weighted by Gasteiger charge is 2.27. The number of nitrogens with zero attached hydrogens (tertiary/aromatic N) is 2. The van der Waals surface area contributed by atoms with Gasteiger partial charge in [0.2, 0.25) is 0 Å². The van der Waals surface area contributed by atoms with Crippen molar-refractivity contribution in [2.75, 3.05) is 12.8 Å². The van der Waals surface area contributed by atoms with Crippen LogP contribution in [0, 0.1) is 0 Å². The maximum Gasteiger partial charge on any atom is 0.163 e. The summed E-state index contributed by atoms with van der Waals surface area (Å²) in [5.41, 5.74) is 7.05. The number of rotatable bonds is 2. The Bertz CT molecular complexity index is 633. The van der Waals surface area contributed by atoms with Crippen LogP contribution in [0.3, 0.4) is 0 Å². The average molecular weight is 277 g/mol. The lowest BCUT2D eigenvalue weighted by Gasteiger charge is -2.21. The molecule has 0 aliphatic heterocycles. The number of anilines is 1. The molecule has 0 fully saturated rings. The van der Waals surface area contributed by atoms with Crippen LogP contribution in [0.5, 0.6) is 0 Å². The molecule has 0 spiro atoms. The van der Waals surface area contributed by atoms with Gasteiger partial charge in [-0.2, -0.15) is 0 Å². The van der Waals surface area contributed by atoms with Crippen molar-refractivity contribution < 1.29 is 4.74 Å². The molecule has 1 aliphatic rings. The number of methoxy groups -OCH3 is 1. The second-order valence-corrected chi connectivity index (χ2v) is 6.62.